The van der Waals surface area contributed by atoms with Gasteiger partial charge in [-0.2, -0.15) is 8.78 Å². The maximum absolute atomic E-state index is 12.3. The van der Waals surface area contributed by atoms with Crippen LogP contribution in [0, 0.1) is 0 Å². The number of ether oxygens (including phenoxy) is 2. The summed E-state index contributed by atoms with van der Waals surface area (Å²) in [6.45, 7) is -1.14. The Morgan fingerprint density at radius 1 is 1.47 bits per heavy atom. The molecule has 1 rings (SSSR count). The van der Waals surface area contributed by atoms with Crippen molar-refractivity contribution >= 4 is 27.5 Å². The van der Waals surface area contributed by atoms with Crippen molar-refractivity contribution < 1.29 is 23.0 Å². The highest BCUT2D eigenvalue weighted by Gasteiger charge is 2.17. The summed E-state index contributed by atoms with van der Waals surface area (Å²) in [4.78, 5) is 11.3. The predicted octanol–water partition coefficient (Wildman–Crippen LogP) is 3.41. The number of carbonyl (C=O) groups excluding carboxylic acids is 1. The number of halogens is 3. The maximum atomic E-state index is 12.3. The van der Waals surface area contributed by atoms with Gasteiger partial charge in [0.2, 0.25) is 5.91 Å². The van der Waals surface area contributed by atoms with Gasteiger partial charge in [0.1, 0.15) is 11.5 Å². The highest BCUT2D eigenvalue weighted by atomic mass is 79.9. The van der Waals surface area contributed by atoms with E-state index in [9.17, 15) is 13.6 Å². The summed E-state index contributed by atoms with van der Waals surface area (Å²) in [5, 5.41) is 2.52. The van der Waals surface area contributed by atoms with E-state index in [1.54, 1.807) is 0 Å². The third-order valence-corrected chi connectivity index (χ3v) is 3.37. The van der Waals surface area contributed by atoms with Crippen LogP contribution in [-0.4, -0.2) is 24.5 Å². The number of rotatable bonds is 6. The molecule has 1 unspecified atom stereocenters. The molecule has 0 saturated heterocycles. The SMILES string of the molecule is CCC(Br)C(=O)Nc1cc(OC)ccc1OC(F)F. The van der Waals surface area contributed by atoms with Gasteiger partial charge in [0.25, 0.3) is 0 Å². The number of alkyl halides is 3. The number of benzene rings is 1. The van der Waals surface area contributed by atoms with Gasteiger partial charge in [0.15, 0.2) is 0 Å². The number of nitrogens with one attached hydrogen (secondary N) is 1. The molecule has 1 atom stereocenters. The Bertz CT molecular complexity index is 443. The second-order valence-electron chi connectivity index (χ2n) is 3.61. The third-order valence-electron chi connectivity index (χ3n) is 2.30. The van der Waals surface area contributed by atoms with Crippen LogP contribution in [0.3, 0.4) is 0 Å². The molecular weight excluding hydrogens is 324 g/mol. The summed E-state index contributed by atoms with van der Waals surface area (Å²) in [5.74, 6) is -0.0191. The van der Waals surface area contributed by atoms with E-state index >= 15 is 0 Å². The number of anilines is 1. The van der Waals surface area contributed by atoms with Gasteiger partial charge in [-0.3, -0.25) is 4.79 Å². The molecule has 1 aromatic rings. The first-order valence-electron chi connectivity index (χ1n) is 5.55. The highest BCUT2D eigenvalue weighted by molar-refractivity contribution is 9.10. The standard InChI is InChI=1S/C12H14BrF2NO3/c1-3-8(13)11(17)16-9-6-7(18-2)4-5-10(9)19-12(14)15/h4-6,8,12H,3H2,1-2H3,(H,16,17). The number of amides is 1. The van der Waals surface area contributed by atoms with Crippen molar-refractivity contribution in [3.05, 3.63) is 18.2 Å². The van der Waals surface area contributed by atoms with Crippen molar-refractivity contribution in [1.29, 1.82) is 0 Å². The van der Waals surface area contributed by atoms with Gasteiger partial charge in [-0.05, 0) is 18.6 Å². The van der Waals surface area contributed by atoms with E-state index in [4.69, 9.17) is 4.74 Å². The molecule has 0 radical (unpaired) electrons. The van der Waals surface area contributed by atoms with Crippen LogP contribution >= 0.6 is 15.9 Å². The molecule has 4 nitrogen and oxygen atoms in total. The Kier molecular flexibility index (Phi) is 6.01. The molecule has 0 bridgehead atoms. The second-order valence-corrected chi connectivity index (χ2v) is 4.71. The van der Waals surface area contributed by atoms with Crippen molar-refractivity contribution in [2.24, 2.45) is 0 Å². The van der Waals surface area contributed by atoms with Crippen molar-refractivity contribution in [2.75, 3.05) is 12.4 Å². The Morgan fingerprint density at radius 3 is 2.68 bits per heavy atom. The van der Waals surface area contributed by atoms with Crippen molar-refractivity contribution in [3.63, 3.8) is 0 Å². The van der Waals surface area contributed by atoms with Gasteiger partial charge in [0, 0.05) is 6.07 Å². The van der Waals surface area contributed by atoms with E-state index in [1.165, 1.54) is 25.3 Å². The molecule has 0 saturated carbocycles. The number of methoxy groups -OCH3 is 1. The van der Waals surface area contributed by atoms with Crippen LogP contribution in [0.5, 0.6) is 11.5 Å². The van der Waals surface area contributed by atoms with E-state index in [-0.39, 0.29) is 17.3 Å². The van der Waals surface area contributed by atoms with Gasteiger partial charge >= 0.3 is 6.61 Å². The van der Waals surface area contributed by atoms with Crippen LogP contribution < -0.4 is 14.8 Å². The van der Waals surface area contributed by atoms with Crippen LogP contribution in [-0.2, 0) is 4.79 Å². The van der Waals surface area contributed by atoms with Crippen molar-refractivity contribution in [2.45, 2.75) is 24.8 Å². The van der Waals surface area contributed by atoms with Gasteiger partial charge < -0.3 is 14.8 Å². The summed E-state index contributed by atoms with van der Waals surface area (Å²) < 4.78 is 33.9. The van der Waals surface area contributed by atoms with E-state index in [1.807, 2.05) is 6.92 Å². The van der Waals surface area contributed by atoms with Crippen LogP contribution in [0.4, 0.5) is 14.5 Å². The Morgan fingerprint density at radius 2 is 2.16 bits per heavy atom. The zero-order valence-corrected chi connectivity index (χ0v) is 12.0. The Balaban J connectivity index is 2.97. The number of carbonyl (C=O) groups is 1. The number of hydrogen-bond acceptors (Lipinski definition) is 3. The topological polar surface area (TPSA) is 47.6 Å². The zero-order valence-electron chi connectivity index (χ0n) is 10.5. The minimum atomic E-state index is -2.96. The second kappa shape index (κ2) is 7.28. The summed E-state index contributed by atoms with van der Waals surface area (Å²) in [7, 11) is 1.44. The lowest BCUT2D eigenvalue weighted by atomic mass is 10.2. The van der Waals surface area contributed by atoms with Gasteiger partial charge in [-0.15, -0.1) is 0 Å². The van der Waals surface area contributed by atoms with E-state index in [2.05, 4.69) is 26.0 Å². The van der Waals surface area contributed by atoms with Gasteiger partial charge in [-0.25, -0.2) is 0 Å². The molecule has 0 aliphatic carbocycles. The fraction of sp³-hybridized carbons (Fsp3) is 0.417. The van der Waals surface area contributed by atoms with E-state index < -0.39 is 11.4 Å². The molecule has 0 spiro atoms. The van der Waals surface area contributed by atoms with Gasteiger partial charge in [0.05, 0.1) is 17.6 Å². The minimum absolute atomic E-state index is 0.111. The number of hydrogen-bond donors (Lipinski definition) is 1. The molecule has 0 aliphatic rings. The van der Waals surface area contributed by atoms with Crippen LogP contribution in [0.25, 0.3) is 0 Å². The first-order chi connectivity index (χ1) is 8.97. The molecule has 7 heteroatoms. The largest absolute Gasteiger partial charge is 0.497 e. The molecule has 106 valence electrons. The Hall–Kier alpha value is -1.37. The molecule has 0 aliphatic heterocycles. The van der Waals surface area contributed by atoms with Crippen LogP contribution in [0.15, 0.2) is 18.2 Å². The van der Waals surface area contributed by atoms with E-state index in [0.717, 1.165) is 0 Å². The molecule has 0 fully saturated rings. The first kappa shape index (κ1) is 15.7. The normalized spacial score (nSPS) is 12.1. The first-order valence-corrected chi connectivity index (χ1v) is 6.47. The molecular formula is C12H14BrF2NO3. The van der Waals surface area contributed by atoms with Crippen LogP contribution in [0.1, 0.15) is 13.3 Å². The molecule has 0 aromatic heterocycles. The molecule has 0 heterocycles. The lowest BCUT2D eigenvalue weighted by Gasteiger charge is -2.14. The average Bonchev–Trinajstić information content (AvgIpc) is 2.39. The van der Waals surface area contributed by atoms with Crippen molar-refractivity contribution in [1.82, 2.24) is 0 Å². The zero-order chi connectivity index (χ0) is 14.4. The molecule has 1 aromatic carbocycles. The lowest BCUT2D eigenvalue weighted by Crippen LogP contribution is -2.22. The monoisotopic (exact) mass is 337 g/mol. The molecule has 1 N–H and O–H groups in total. The lowest BCUT2D eigenvalue weighted by molar-refractivity contribution is -0.115. The summed E-state index contributed by atoms with van der Waals surface area (Å²) >= 11 is 3.18. The maximum Gasteiger partial charge on any atom is 0.387 e. The predicted molar refractivity (Wildman–Crippen MR) is 71.3 cm³/mol. The smallest absolute Gasteiger partial charge is 0.387 e. The van der Waals surface area contributed by atoms with Crippen molar-refractivity contribution in [3.8, 4) is 11.5 Å². The fourth-order valence-electron chi connectivity index (χ4n) is 1.33. The quantitative estimate of drug-likeness (QED) is 0.809. The van der Waals surface area contributed by atoms with E-state index in [0.29, 0.717) is 12.2 Å². The molecule has 1 amide bonds. The summed E-state index contributed by atoms with van der Waals surface area (Å²) in [5.41, 5.74) is 0.141. The Labute approximate surface area is 118 Å². The highest BCUT2D eigenvalue weighted by Crippen LogP contribution is 2.30. The molecule has 19 heavy (non-hydrogen) atoms. The minimum Gasteiger partial charge on any atom is -0.497 e. The third kappa shape index (κ3) is 4.66. The van der Waals surface area contributed by atoms with Gasteiger partial charge in [-0.1, -0.05) is 22.9 Å². The van der Waals surface area contributed by atoms with Crippen LogP contribution in [0.2, 0.25) is 0 Å². The average molecular weight is 338 g/mol. The fourth-order valence-corrected chi connectivity index (χ4v) is 1.44. The summed E-state index contributed by atoms with van der Waals surface area (Å²) in [6.07, 6.45) is 0.570. The summed E-state index contributed by atoms with van der Waals surface area (Å²) in [6, 6.07) is 4.21.